The lowest BCUT2D eigenvalue weighted by atomic mass is 9.98. The van der Waals surface area contributed by atoms with Crippen molar-refractivity contribution < 1.29 is 0 Å². The second-order valence-corrected chi connectivity index (χ2v) is 11.7. The molecule has 2 aromatic heterocycles. The Morgan fingerprint density at radius 1 is 0.372 bits per heavy atom. The van der Waals surface area contributed by atoms with Gasteiger partial charge in [0.25, 0.3) is 0 Å². The summed E-state index contributed by atoms with van der Waals surface area (Å²) >= 11 is 1.83. The van der Waals surface area contributed by atoms with Gasteiger partial charge in [-0.2, -0.15) is 0 Å². The highest BCUT2D eigenvalue weighted by molar-refractivity contribution is 7.26. The summed E-state index contributed by atoms with van der Waals surface area (Å²) in [6.07, 6.45) is 0. The average Bonchev–Trinajstić information content (AvgIpc) is 3.47. The average molecular weight is 567 g/mol. The summed E-state index contributed by atoms with van der Waals surface area (Å²) in [6, 6.07) is 55.5. The van der Waals surface area contributed by atoms with Crippen molar-refractivity contribution in [2.75, 3.05) is 0 Å². The Labute approximate surface area is 254 Å². The monoisotopic (exact) mass is 566 g/mol. The normalized spacial score (nSPS) is 11.3. The summed E-state index contributed by atoms with van der Waals surface area (Å²) in [5, 5.41) is 2.49. The van der Waals surface area contributed by atoms with E-state index < -0.39 is 0 Å². The molecule has 2 nitrogen and oxygen atoms in total. The van der Waals surface area contributed by atoms with Gasteiger partial charge < -0.3 is 0 Å². The lowest BCUT2D eigenvalue weighted by Crippen LogP contribution is -1.96. The van der Waals surface area contributed by atoms with Crippen LogP contribution >= 0.6 is 11.3 Å². The van der Waals surface area contributed by atoms with Gasteiger partial charge >= 0.3 is 0 Å². The first kappa shape index (κ1) is 25.3. The molecule has 0 saturated heterocycles. The third kappa shape index (κ3) is 4.80. The molecule has 0 saturated carbocycles. The Morgan fingerprint density at radius 2 is 0.953 bits per heavy atom. The van der Waals surface area contributed by atoms with Crippen LogP contribution in [0.25, 0.3) is 76.3 Å². The Kier molecular flexibility index (Phi) is 6.36. The molecule has 0 aliphatic rings. The van der Waals surface area contributed by atoms with Gasteiger partial charge in [0.1, 0.15) is 0 Å². The van der Waals surface area contributed by atoms with Crippen LogP contribution in [0.3, 0.4) is 0 Å². The minimum absolute atomic E-state index is 0.722. The molecule has 0 aliphatic carbocycles. The molecule has 6 aromatic carbocycles. The maximum absolute atomic E-state index is 5.19. The topological polar surface area (TPSA) is 25.8 Å². The standard InChI is InChI=1S/C40H26N2S/c1-4-12-27(13-5-1)30-18-10-19-32(24-30)35-26-36(42-40(41-35)29-16-8-3-9-17-29)33-20-11-21-38-39(33)34-25-31(22-23-37(34)43-38)28-14-6-2-7-15-28/h1-26H. The molecule has 0 atom stereocenters. The van der Waals surface area contributed by atoms with Crippen LogP contribution in [0.15, 0.2) is 158 Å². The number of fused-ring (bicyclic) bond motifs is 3. The summed E-state index contributed by atoms with van der Waals surface area (Å²) in [5.41, 5.74) is 9.80. The van der Waals surface area contributed by atoms with E-state index in [1.807, 2.05) is 35.6 Å². The molecule has 8 aromatic rings. The fraction of sp³-hybridized carbons (Fsp3) is 0. The van der Waals surface area contributed by atoms with E-state index in [4.69, 9.17) is 9.97 Å². The number of aromatic nitrogens is 2. The van der Waals surface area contributed by atoms with Crippen LogP contribution in [0.1, 0.15) is 0 Å². The molecule has 8 rings (SSSR count). The molecule has 0 aliphatic heterocycles. The van der Waals surface area contributed by atoms with Gasteiger partial charge in [-0.05, 0) is 52.6 Å². The zero-order valence-corrected chi connectivity index (χ0v) is 24.1. The third-order valence-electron chi connectivity index (χ3n) is 7.90. The first-order valence-corrected chi connectivity index (χ1v) is 15.2. The van der Waals surface area contributed by atoms with Crippen molar-refractivity contribution >= 4 is 31.5 Å². The van der Waals surface area contributed by atoms with Crippen LogP contribution in [0, 0.1) is 0 Å². The third-order valence-corrected chi connectivity index (χ3v) is 9.04. The van der Waals surface area contributed by atoms with Gasteiger partial charge in [-0.1, -0.05) is 127 Å². The van der Waals surface area contributed by atoms with Crippen LogP contribution in [0.5, 0.6) is 0 Å². The number of thiophene rings is 1. The summed E-state index contributed by atoms with van der Waals surface area (Å²) in [4.78, 5) is 10.3. The molecular formula is C40H26N2S. The molecule has 3 heteroatoms. The fourth-order valence-corrected chi connectivity index (χ4v) is 6.90. The van der Waals surface area contributed by atoms with Crippen molar-refractivity contribution in [2.45, 2.75) is 0 Å². The molecule has 0 unspecified atom stereocenters. The Balaban J connectivity index is 1.35. The van der Waals surface area contributed by atoms with Crippen molar-refractivity contribution in [1.82, 2.24) is 9.97 Å². The van der Waals surface area contributed by atoms with E-state index >= 15 is 0 Å². The van der Waals surface area contributed by atoms with Crippen LogP contribution < -0.4 is 0 Å². The van der Waals surface area contributed by atoms with Crippen molar-refractivity contribution in [2.24, 2.45) is 0 Å². The molecule has 0 amide bonds. The van der Waals surface area contributed by atoms with Crippen LogP contribution in [-0.2, 0) is 0 Å². The molecule has 0 spiro atoms. The largest absolute Gasteiger partial charge is 0.228 e. The Bertz CT molecular complexity index is 2220. The molecule has 43 heavy (non-hydrogen) atoms. The molecular weight excluding hydrogens is 541 g/mol. The van der Waals surface area contributed by atoms with E-state index in [0.29, 0.717) is 0 Å². The van der Waals surface area contributed by atoms with E-state index in [1.165, 1.54) is 42.4 Å². The van der Waals surface area contributed by atoms with Crippen LogP contribution in [0.2, 0.25) is 0 Å². The molecule has 202 valence electrons. The van der Waals surface area contributed by atoms with Gasteiger partial charge in [-0.15, -0.1) is 11.3 Å². The van der Waals surface area contributed by atoms with E-state index in [2.05, 4.69) is 133 Å². The van der Waals surface area contributed by atoms with Crippen molar-refractivity contribution in [1.29, 1.82) is 0 Å². The van der Waals surface area contributed by atoms with Crippen molar-refractivity contribution in [3.8, 4) is 56.2 Å². The second-order valence-electron chi connectivity index (χ2n) is 10.6. The van der Waals surface area contributed by atoms with Crippen LogP contribution in [0.4, 0.5) is 0 Å². The minimum Gasteiger partial charge on any atom is -0.228 e. The van der Waals surface area contributed by atoms with Crippen LogP contribution in [-0.4, -0.2) is 9.97 Å². The van der Waals surface area contributed by atoms with Gasteiger partial charge in [0.15, 0.2) is 5.82 Å². The van der Waals surface area contributed by atoms with Gasteiger partial charge in [0.2, 0.25) is 0 Å². The van der Waals surface area contributed by atoms with Gasteiger partial charge in [0.05, 0.1) is 11.4 Å². The molecule has 0 N–H and O–H groups in total. The highest BCUT2D eigenvalue weighted by atomic mass is 32.1. The molecule has 0 fully saturated rings. The molecule has 0 radical (unpaired) electrons. The first-order chi connectivity index (χ1) is 21.3. The maximum Gasteiger partial charge on any atom is 0.160 e. The summed E-state index contributed by atoms with van der Waals surface area (Å²) < 4.78 is 2.53. The smallest absolute Gasteiger partial charge is 0.160 e. The minimum atomic E-state index is 0.722. The summed E-state index contributed by atoms with van der Waals surface area (Å²) in [6.45, 7) is 0. The lowest BCUT2D eigenvalue weighted by molar-refractivity contribution is 1.19. The predicted molar refractivity (Wildman–Crippen MR) is 182 cm³/mol. The second kappa shape index (κ2) is 10.8. The lowest BCUT2D eigenvalue weighted by Gasteiger charge is -2.12. The SMILES string of the molecule is c1ccc(-c2cccc(-c3cc(-c4cccc5sc6ccc(-c7ccccc7)cc6c45)nc(-c4ccccc4)n3)c2)cc1. The van der Waals surface area contributed by atoms with Gasteiger partial charge in [0, 0.05) is 36.9 Å². The number of nitrogens with zero attached hydrogens (tertiary/aromatic N) is 2. The Morgan fingerprint density at radius 3 is 1.67 bits per heavy atom. The quantitative estimate of drug-likeness (QED) is 0.207. The molecule has 0 bridgehead atoms. The first-order valence-electron chi connectivity index (χ1n) is 14.4. The fourth-order valence-electron chi connectivity index (χ4n) is 5.79. The zero-order valence-electron chi connectivity index (χ0n) is 23.3. The molecule has 2 heterocycles. The summed E-state index contributed by atoms with van der Waals surface area (Å²) in [5.74, 6) is 0.722. The Hall–Kier alpha value is -5.38. The van der Waals surface area contributed by atoms with E-state index in [-0.39, 0.29) is 0 Å². The van der Waals surface area contributed by atoms with Gasteiger partial charge in [-0.3, -0.25) is 0 Å². The number of hydrogen-bond donors (Lipinski definition) is 0. The number of hydrogen-bond acceptors (Lipinski definition) is 3. The number of rotatable bonds is 5. The van der Waals surface area contributed by atoms with E-state index in [9.17, 15) is 0 Å². The highest BCUT2D eigenvalue weighted by Crippen LogP contribution is 2.42. The van der Waals surface area contributed by atoms with Crippen molar-refractivity contribution in [3.05, 3.63) is 158 Å². The van der Waals surface area contributed by atoms with E-state index in [1.54, 1.807) is 0 Å². The van der Waals surface area contributed by atoms with E-state index in [0.717, 1.165) is 33.9 Å². The highest BCUT2D eigenvalue weighted by Gasteiger charge is 2.16. The zero-order chi connectivity index (χ0) is 28.6. The van der Waals surface area contributed by atoms with Gasteiger partial charge in [-0.25, -0.2) is 9.97 Å². The van der Waals surface area contributed by atoms with Crippen molar-refractivity contribution in [3.63, 3.8) is 0 Å². The summed E-state index contributed by atoms with van der Waals surface area (Å²) in [7, 11) is 0. The predicted octanol–water partition coefficient (Wildman–Crippen LogP) is 11.2. The number of benzene rings is 6. The maximum atomic E-state index is 5.19.